The van der Waals surface area contributed by atoms with Crippen LogP contribution < -0.4 is 5.73 Å². The van der Waals surface area contributed by atoms with E-state index in [2.05, 4.69) is 6.07 Å². The number of halogens is 1. The zero-order valence-corrected chi connectivity index (χ0v) is 8.13. The number of hydrogen-bond donors (Lipinski definition) is 1. The summed E-state index contributed by atoms with van der Waals surface area (Å²) in [6, 6.07) is 11.0. The Labute approximate surface area is 87.4 Å². The van der Waals surface area contributed by atoms with Crippen LogP contribution in [0.15, 0.2) is 36.4 Å². The number of benzene rings is 2. The summed E-state index contributed by atoms with van der Waals surface area (Å²) >= 11 is 0. The van der Waals surface area contributed by atoms with E-state index in [1.54, 1.807) is 6.07 Å². The van der Waals surface area contributed by atoms with Gasteiger partial charge in [0.2, 0.25) is 0 Å². The van der Waals surface area contributed by atoms with E-state index in [4.69, 9.17) is 5.73 Å². The highest BCUT2D eigenvalue weighted by Crippen LogP contribution is 2.39. The molecule has 15 heavy (non-hydrogen) atoms. The average Bonchev–Trinajstić information content (AvgIpc) is 2.57. The topological polar surface area (TPSA) is 26.0 Å². The molecule has 0 fully saturated rings. The van der Waals surface area contributed by atoms with E-state index in [1.807, 2.05) is 18.2 Å². The molecule has 0 saturated carbocycles. The maximum Gasteiger partial charge on any atom is 0.125 e. The van der Waals surface area contributed by atoms with E-state index in [0.29, 0.717) is 5.69 Å². The van der Waals surface area contributed by atoms with Crippen LogP contribution in [-0.4, -0.2) is 0 Å². The van der Waals surface area contributed by atoms with Gasteiger partial charge in [-0.1, -0.05) is 24.3 Å². The molecular weight excluding hydrogens is 189 g/mol. The van der Waals surface area contributed by atoms with Crippen molar-refractivity contribution in [3.05, 3.63) is 53.3 Å². The summed E-state index contributed by atoms with van der Waals surface area (Å²) in [5.74, 6) is -0.261. The molecule has 2 heteroatoms. The third-order valence-electron chi connectivity index (χ3n) is 2.92. The molecule has 3 rings (SSSR count). The molecule has 0 aliphatic heterocycles. The minimum absolute atomic E-state index is 0.261. The van der Waals surface area contributed by atoms with Crippen LogP contribution in [0.5, 0.6) is 0 Å². The van der Waals surface area contributed by atoms with Gasteiger partial charge in [-0.2, -0.15) is 0 Å². The molecule has 0 heterocycles. The van der Waals surface area contributed by atoms with E-state index in [1.165, 1.54) is 11.6 Å². The van der Waals surface area contributed by atoms with Crippen molar-refractivity contribution in [2.24, 2.45) is 0 Å². The molecule has 0 bridgehead atoms. The molecule has 1 aliphatic rings. The standard InChI is InChI=1S/C13H10FN/c14-9-6-11-10-4-2-1-3-8(10)5-12(11)13(15)7-9/h1-4,6-7H,5,15H2. The molecule has 0 spiro atoms. The van der Waals surface area contributed by atoms with Crippen molar-refractivity contribution in [1.29, 1.82) is 0 Å². The lowest BCUT2D eigenvalue weighted by Gasteiger charge is -2.03. The van der Waals surface area contributed by atoms with Crippen LogP contribution in [0.1, 0.15) is 11.1 Å². The second-order valence-electron chi connectivity index (χ2n) is 3.86. The van der Waals surface area contributed by atoms with Gasteiger partial charge < -0.3 is 5.73 Å². The van der Waals surface area contributed by atoms with Gasteiger partial charge in [0.05, 0.1) is 0 Å². The van der Waals surface area contributed by atoms with Crippen LogP contribution in [-0.2, 0) is 6.42 Å². The fourth-order valence-corrected chi connectivity index (χ4v) is 2.22. The fraction of sp³-hybridized carbons (Fsp3) is 0.0769. The van der Waals surface area contributed by atoms with Gasteiger partial charge in [-0.25, -0.2) is 4.39 Å². The summed E-state index contributed by atoms with van der Waals surface area (Å²) in [7, 11) is 0. The minimum Gasteiger partial charge on any atom is -0.398 e. The van der Waals surface area contributed by atoms with Crippen LogP contribution >= 0.6 is 0 Å². The third-order valence-corrected chi connectivity index (χ3v) is 2.92. The zero-order chi connectivity index (χ0) is 10.4. The number of rotatable bonds is 0. The summed E-state index contributed by atoms with van der Waals surface area (Å²) in [4.78, 5) is 0. The van der Waals surface area contributed by atoms with E-state index in [9.17, 15) is 4.39 Å². The summed E-state index contributed by atoms with van der Waals surface area (Å²) in [5, 5.41) is 0. The molecule has 2 aromatic carbocycles. The van der Waals surface area contributed by atoms with Gasteiger partial charge in [-0.3, -0.25) is 0 Å². The predicted octanol–water partition coefficient (Wildman–Crippen LogP) is 2.98. The predicted molar refractivity (Wildman–Crippen MR) is 59.1 cm³/mol. The van der Waals surface area contributed by atoms with Gasteiger partial charge >= 0.3 is 0 Å². The molecule has 0 atom stereocenters. The number of nitrogens with two attached hydrogens (primary N) is 1. The average molecular weight is 199 g/mol. The van der Waals surface area contributed by atoms with E-state index in [-0.39, 0.29) is 5.82 Å². The van der Waals surface area contributed by atoms with Crippen molar-refractivity contribution in [2.75, 3.05) is 5.73 Å². The van der Waals surface area contributed by atoms with Gasteiger partial charge in [-0.05, 0) is 34.4 Å². The normalized spacial score (nSPS) is 12.3. The number of hydrogen-bond acceptors (Lipinski definition) is 1. The molecule has 74 valence electrons. The quantitative estimate of drug-likeness (QED) is 0.553. The molecule has 0 amide bonds. The highest BCUT2D eigenvalue weighted by molar-refractivity contribution is 5.81. The molecule has 1 aliphatic carbocycles. The van der Waals surface area contributed by atoms with Crippen LogP contribution in [0.2, 0.25) is 0 Å². The summed E-state index contributed by atoms with van der Waals surface area (Å²) in [6.45, 7) is 0. The van der Waals surface area contributed by atoms with E-state index in [0.717, 1.165) is 23.1 Å². The van der Waals surface area contributed by atoms with Gasteiger partial charge in [0.1, 0.15) is 5.82 Å². The molecular formula is C13H10FN. The second-order valence-corrected chi connectivity index (χ2v) is 3.86. The second kappa shape index (κ2) is 2.83. The molecule has 0 saturated heterocycles. The summed E-state index contributed by atoms with van der Waals surface area (Å²) in [6.07, 6.45) is 0.817. The van der Waals surface area contributed by atoms with Crippen molar-refractivity contribution in [2.45, 2.75) is 6.42 Å². The Hall–Kier alpha value is -1.83. The molecule has 0 unspecified atom stereocenters. The van der Waals surface area contributed by atoms with Crippen molar-refractivity contribution >= 4 is 5.69 Å². The smallest absolute Gasteiger partial charge is 0.125 e. The van der Waals surface area contributed by atoms with Gasteiger partial charge in [0.25, 0.3) is 0 Å². The molecule has 2 aromatic rings. The number of anilines is 1. The van der Waals surface area contributed by atoms with Crippen LogP contribution in [0, 0.1) is 5.82 Å². The largest absolute Gasteiger partial charge is 0.398 e. The number of fused-ring (bicyclic) bond motifs is 3. The molecule has 2 N–H and O–H groups in total. The van der Waals surface area contributed by atoms with Crippen molar-refractivity contribution in [3.8, 4) is 11.1 Å². The molecule has 0 aromatic heterocycles. The Balaban J connectivity index is 2.33. The summed E-state index contributed by atoms with van der Waals surface area (Å²) < 4.78 is 13.2. The van der Waals surface area contributed by atoms with Gasteiger partial charge in [-0.15, -0.1) is 0 Å². The Morgan fingerprint density at radius 2 is 1.87 bits per heavy atom. The van der Waals surface area contributed by atoms with E-state index < -0.39 is 0 Å². The lowest BCUT2D eigenvalue weighted by atomic mass is 10.1. The Kier molecular flexibility index (Phi) is 1.60. The highest BCUT2D eigenvalue weighted by atomic mass is 19.1. The Morgan fingerprint density at radius 3 is 2.73 bits per heavy atom. The monoisotopic (exact) mass is 199 g/mol. The lowest BCUT2D eigenvalue weighted by Crippen LogP contribution is -1.93. The first kappa shape index (κ1) is 8.48. The SMILES string of the molecule is Nc1cc(F)cc2c1Cc1ccccc1-2. The van der Waals surface area contributed by atoms with Crippen molar-refractivity contribution in [3.63, 3.8) is 0 Å². The van der Waals surface area contributed by atoms with Crippen LogP contribution in [0.4, 0.5) is 10.1 Å². The van der Waals surface area contributed by atoms with Gasteiger partial charge in [0.15, 0.2) is 0 Å². The highest BCUT2D eigenvalue weighted by Gasteiger charge is 2.20. The zero-order valence-electron chi connectivity index (χ0n) is 8.13. The minimum atomic E-state index is -0.261. The Morgan fingerprint density at radius 1 is 1.07 bits per heavy atom. The fourth-order valence-electron chi connectivity index (χ4n) is 2.22. The maximum absolute atomic E-state index is 13.2. The Bertz CT molecular complexity index is 546. The first-order valence-electron chi connectivity index (χ1n) is 4.92. The molecule has 0 radical (unpaired) electrons. The molecule has 1 nitrogen and oxygen atoms in total. The third kappa shape index (κ3) is 1.14. The number of nitrogen functional groups attached to an aromatic ring is 1. The summed E-state index contributed by atoms with van der Waals surface area (Å²) in [5.41, 5.74) is 10.7. The van der Waals surface area contributed by atoms with Crippen LogP contribution in [0.3, 0.4) is 0 Å². The van der Waals surface area contributed by atoms with E-state index >= 15 is 0 Å². The first-order chi connectivity index (χ1) is 7.25. The van der Waals surface area contributed by atoms with Crippen molar-refractivity contribution in [1.82, 2.24) is 0 Å². The van der Waals surface area contributed by atoms with Crippen LogP contribution in [0.25, 0.3) is 11.1 Å². The van der Waals surface area contributed by atoms with Gasteiger partial charge in [0, 0.05) is 12.1 Å². The lowest BCUT2D eigenvalue weighted by molar-refractivity contribution is 0.628. The first-order valence-corrected chi connectivity index (χ1v) is 4.92. The van der Waals surface area contributed by atoms with Crippen molar-refractivity contribution < 1.29 is 4.39 Å². The maximum atomic E-state index is 13.2.